The molecular formula is C18H19BrClN. The van der Waals surface area contributed by atoms with E-state index in [0.29, 0.717) is 0 Å². The Bertz CT molecular complexity index is 654. The lowest BCUT2D eigenvalue weighted by molar-refractivity contribution is 0.668. The molecule has 110 valence electrons. The Morgan fingerprint density at radius 1 is 1.05 bits per heavy atom. The van der Waals surface area contributed by atoms with Crippen molar-refractivity contribution >= 4 is 27.5 Å². The minimum Gasteiger partial charge on any atom is -0.309 e. The van der Waals surface area contributed by atoms with Gasteiger partial charge in [-0.3, -0.25) is 0 Å². The van der Waals surface area contributed by atoms with Gasteiger partial charge in [-0.15, -0.1) is 0 Å². The number of benzene rings is 2. The van der Waals surface area contributed by atoms with Crippen molar-refractivity contribution in [3.05, 3.63) is 68.1 Å². The summed E-state index contributed by atoms with van der Waals surface area (Å²) in [6, 6.07) is 13.0. The smallest absolute Gasteiger partial charge is 0.0589 e. The van der Waals surface area contributed by atoms with Crippen LogP contribution >= 0.6 is 27.5 Å². The third kappa shape index (κ3) is 3.18. The van der Waals surface area contributed by atoms with E-state index in [1.165, 1.54) is 42.4 Å². The fourth-order valence-electron chi connectivity index (χ4n) is 3.17. The summed E-state index contributed by atoms with van der Waals surface area (Å²) in [5.74, 6) is 0. The zero-order valence-electron chi connectivity index (χ0n) is 12.1. The largest absolute Gasteiger partial charge is 0.309 e. The Hall–Kier alpha value is -0.830. The van der Waals surface area contributed by atoms with Crippen molar-refractivity contribution < 1.29 is 0 Å². The van der Waals surface area contributed by atoms with Gasteiger partial charge in [0.2, 0.25) is 0 Å². The summed E-state index contributed by atoms with van der Waals surface area (Å²) >= 11 is 9.94. The summed E-state index contributed by atoms with van der Waals surface area (Å²) in [7, 11) is 1.99. The van der Waals surface area contributed by atoms with Crippen LogP contribution in [0.25, 0.3) is 0 Å². The van der Waals surface area contributed by atoms with E-state index in [-0.39, 0.29) is 6.04 Å². The molecule has 1 unspecified atom stereocenters. The molecular weight excluding hydrogens is 346 g/mol. The molecule has 21 heavy (non-hydrogen) atoms. The van der Waals surface area contributed by atoms with Crippen LogP contribution < -0.4 is 5.32 Å². The monoisotopic (exact) mass is 363 g/mol. The quantitative estimate of drug-likeness (QED) is 0.780. The standard InChI is InChI=1S/C18H19BrClN/c1-21-18(16-11-15(19)8-9-17(16)20)14-7-6-12-4-2-3-5-13(12)10-14/h6-11,18,21H,2-5H2,1H3. The summed E-state index contributed by atoms with van der Waals surface area (Å²) < 4.78 is 1.06. The van der Waals surface area contributed by atoms with E-state index in [1.807, 2.05) is 19.2 Å². The summed E-state index contributed by atoms with van der Waals surface area (Å²) in [6.45, 7) is 0. The molecule has 1 N–H and O–H groups in total. The SMILES string of the molecule is CNC(c1ccc2c(c1)CCCC2)c1cc(Br)ccc1Cl. The lowest BCUT2D eigenvalue weighted by atomic mass is 9.88. The van der Waals surface area contributed by atoms with Crippen molar-refractivity contribution in [2.24, 2.45) is 0 Å². The summed E-state index contributed by atoms with van der Waals surface area (Å²) in [4.78, 5) is 0. The molecule has 0 amide bonds. The van der Waals surface area contributed by atoms with Crippen molar-refractivity contribution in [1.82, 2.24) is 5.32 Å². The second-order valence-electron chi connectivity index (χ2n) is 5.62. The third-order valence-electron chi connectivity index (χ3n) is 4.26. The van der Waals surface area contributed by atoms with Crippen LogP contribution in [0.4, 0.5) is 0 Å². The molecule has 0 fully saturated rings. The van der Waals surface area contributed by atoms with Crippen LogP contribution in [0.3, 0.4) is 0 Å². The molecule has 0 saturated heterocycles. The molecule has 0 aromatic heterocycles. The van der Waals surface area contributed by atoms with Crippen LogP contribution in [0.2, 0.25) is 5.02 Å². The normalized spacial score (nSPS) is 15.6. The minimum absolute atomic E-state index is 0.127. The first kappa shape index (κ1) is 15.1. The van der Waals surface area contributed by atoms with E-state index >= 15 is 0 Å². The van der Waals surface area contributed by atoms with Gasteiger partial charge in [-0.2, -0.15) is 0 Å². The maximum absolute atomic E-state index is 6.40. The average molecular weight is 365 g/mol. The maximum Gasteiger partial charge on any atom is 0.0589 e. The average Bonchev–Trinajstić information content (AvgIpc) is 2.51. The molecule has 2 aromatic rings. The van der Waals surface area contributed by atoms with E-state index in [9.17, 15) is 0 Å². The van der Waals surface area contributed by atoms with Gasteiger partial charge in [0.1, 0.15) is 0 Å². The molecule has 0 radical (unpaired) electrons. The number of fused-ring (bicyclic) bond motifs is 1. The van der Waals surface area contributed by atoms with E-state index < -0.39 is 0 Å². The molecule has 2 aromatic carbocycles. The highest BCUT2D eigenvalue weighted by Gasteiger charge is 2.18. The molecule has 0 bridgehead atoms. The first-order valence-corrected chi connectivity index (χ1v) is 8.60. The molecule has 1 aliphatic carbocycles. The topological polar surface area (TPSA) is 12.0 Å². The summed E-state index contributed by atoms with van der Waals surface area (Å²) in [5.41, 5.74) is 5.42. The van der Waals surface area contributed by atoms with Gasteiger partial charge in [-0.05, 0) is 73.2 Å². The second kappa shape index (κ2) is 6.51. The van der Waals surface area contributed by atoms with Gasteiger partial charge in [0.15, 0.2) is 0 Å². The molecule has 3 rings (SSSR count). The van der Waals surface area contributed by atoms with Gasteiger partial charge in [0.25, 0.3) is 0 Å². The van der Waals surface area contributed by atoms with Gasteiger partial charge in [-0.1, -0.05) is 45.7 Å². The Labute approximate surface area is 139 Å². The van der Waals surface area contributed by atoms with Crippen molar-refractivity contribution in [2.45, 2.75) is 31.7 Å². The van der Waals surface area contributed by atoms with Crippen LogP contribution in [-0.4, -0.2) is 7.05 Å². The van der Waals surface area contributed by atoms with Crippen molar-refractivity contribution in [2.75, 3.05) is 7.05 Å². The molecule has 3 heteroatoms. The number of hydrogen-bond donors (Lipinski definition) is 1. The Morgan fingerprint density at radius 3 is 2.57 bits per heavy atom. The summed E-state index contributed by atoms with van der Waals surface area (Å²) in [5, 5.41) is 4.21. The number of nitrogens with one attached hydrogen (secondary N) is 1. The summed E-state index contributed by atoms with van der Waals surface area (Å²) in [6.07, 6.45) is 5.04. The Kier molecular flexibility index (Phi) is 4.68. The van der Waals surface area contributed by atoms with Crippen LogP contribution in [0.5, 0.6) is 0 Å². The van der Waals surface area contributed by atoms with Crippen LogP contribution in [-0.2, 0) is 12.8 Å². The zero-order valence-corrected chi connectivity index (χ0v) is 14.5. The fourth-order valence-corrected chi connectivity index (χ4v) is 3.78. The predicted octanol–water partition coefficient (Wildman–Crippen LogP) is 5.29. The number of hydrogen-bond acceptors (Lipinski definition) is 1. The zero-order chi connectivity index (χ0) is 14.8. The van der Waals surface area contributed by atoms with Crippen LogP contribution in [0.15, 0.2) is 40.9 Å². The predicted molar refractivity (Wildman–Crippen MR) is 93.1 cm³/mol. The van der Waals surface area contributed by atoms with Gasteiger partial charge < -0.3 is 5.32 Å². The van der Waals surface area contributed by atoms with Crippen LogP contribution in [0.1, 0.15) is 41.1 Å². The second-order valence-corrected chi connectivity index (χ2v) is 6.95. The Balaban J connectivity index is 2.01. The molecule has 0 heterocycles. The molecule has 0 aliphatic heterocycles. The number of aryl methyl sites for hydroxylation is 2. The highest BCUT2D eigenvalue weighted by atomic mass is 79.9. The van der Waals surface area contributed by atoms with Crippen molar-refractivity contribution in [1.29, 1.82) is 0 Å². The van der Waals surface area contributed by atoms with E-state index in [2.05, 4.69) is 45.5 Å². The highest BCUT2D eigenvalue weighted by Crippen LogP contribution is 2.32. The van der Waals surface area contributed by atoms with Crippen LogP contribution in [0, 0.1) is 0 Å². The molecule has 1 aliphatic rings. The van der Waals surface area contributed by atoms with E-state index in [4.69, 9.17) is 11.6 Å². The lowest BCUT2D eigenvalue weighted by Gasteiger charge is -2.22. The van der Waals surface area contributed by atoms with Crippen molar-refractivity contribution in [3.63, 3.8) is 0 Å². The number of rotatable bonds is 3. The fraction of sp³-hybridized carbons (Fsp3) is 0.333. The van der Waals surface area contributed by atoms with Crippen molar-refractivity contribution in [3.8, 4) is 0 Å². The maximum atomic E-state index is 6.40. The van der Waals surface area contributed by atoms with Gasteiger partial charge in [0, 0.05) is 9.50 Å². The first-order chi connectivity index (χ1) is 10.2. The minimum atomic E-state index is 0.127. The molecule has 1 atom stereocenters. The lowest BCUT2D eigenvalue weighted by Crippen LogP contribution is -2.19. The molecule has 1 nitrogen and oxygen atoms in total. The van der Waals surface area contributed by atoms with Gasteiger partial charge in [-0.25, -0.2) is 0 Å². The van der Waals surface area contributed by atoms with E-state index in [1.54, 1.807) is 0 Å². The first-order valence-electron chi connectivity index (χ1n) is 7.43. The third-order valence-corrected chi connectivity index (χ3v) is 5.10. The van der Waals surface area contributed by atoms with E-state index in [0.717, 1.165) is 15.1 Å². The molecule has 0 spiro atoms. The Morgan fingerprint density at radius 2 is 1.81 bits per heavy atom. The number of halogens is 2. The van der Waals surface area contributed by atoms with Gasteiger partial charge >= 0.3 is 0 Å². The van der Waals surface area contributed by atoms with Gasteiger partial charge in [0.05, 0.1) is 6.04 Å². The highest BCUT2D eigenvalue weighted by molar-refractivity contribution is 9.10. The molecule has 0 saturated carbocycles.